The van der Waals surface area contributed by atoms with Crippen LogP contribution in [-0.2, 0) is 0 Å². The number of terminal acetylenes is 1. The second-order valence-electron chi connectivity index (χ2n) is 2.02. The Balaban J connectivity index is 2.33. The molecule has 0 bridgehead atoms. The Morgan fingerprint density at radius 2 is 2.58 bits per heavy atom. The molecule has 0 spiro atoms. The molecule has 0 unspecified atom stereocenters. The summed E-state index contributed by atoms with van der Waals surface area (Å²) in [6.07, 6.45) is 5.05. The maximum absolute atomic E-state index is 5.05. The van der Waals surface area contributed by atoms with Crippen molar-refractivity contribution in [2.45, 2.75) is 0 Å². The van der Waals surface area contributed by atoms with E-state index in [9.17, 15) is 0 Å². The van der Waals surface area contributed by atoms with Crippen molar-refractivity contribution in [3.8, 4) is 12.3 Å². The van der Waals surface area contributed by atoms with Gasteiger partial charge in [-0.15, -0.1) is 6.42 Å². The van der Waals surface area contributed by atoms with E-state index < -0.39 is 0 Å². The molecule has 0 aliphatic carbocycles. The Morgan fingerprint density at radius 1 is 1.75 bits per heavy atom. The summed E-state index contributed by atoms with van der Waals surface area (Å²) in [5.41, 5.74) is 0.995. The van der Waals surface area contributed by atoms with E-state index in [0.29, 0.717) is 11.7 Å². The molecule has 0 fully saturated rings. The SMILES string of the molecule is C#CCNC(=S)Nc1ccsc1. The molecule has 1 rings (SSSR count). The third-order valence-electron chi connectivity index (χ3n) is 1.13. The first-order valence-electron chi connectivity index (χ1n) is 3.33. The summed E-state index contributed by atoms with van der Waals surface area (Å²) in [5, 5.41) is 10.4. The second kappa shape index (κ2) is 4.75. The third kappa shape index (κ3) is 2.91. The van der Waals surface area contributed by atoms with Crippen LogP contribution < -0.4 is 10.6 Å². The first-order valence-corrected chi connectivity index (χ1v) is 4.68. The zero-order valence-corrected chi connectivity index (χ0v) is 7.97. The number of thiocarbonyl (C=S) groups is 1. The lowest BCUT2D eigenvalue weighted by Gasteiger charge is -2.05. The topological polar surface area (TPSA) is 24.1 Å². The molecule has 2 N–H and O–H groups in total. The van der Waals surface area contributed by atoms with Crippen LogP contribution in [0.3, 0.4) is 0 Å². The highest BCUT2D eigenvalue weighted by molar-refractivity contribution is 7.80. The Labute approximate surface area is 81.0 Å². The minimum absolute atomic E-state index is 0.454. The van der Waals surface area contributed by atoms with Gasteiger partial charge >= 0.3 is 0 Å². The fourth-order valence-electron chi connectivity index (χ4n) is 0.642. The fraction of sp³-hybridized carbons (Fsp3) is 0.125. The van der Waals surface area contributed by atoms with Gasteiger partial charge in [-0.3, -0.25) is 0 Å². The van der Waals surface area contributed by atoms with Gasteiger partial charge in [-0.2, -0.15) is 11.3 Å². The van der Waals surface area contributed by atoms with Gasteiger partial charge in [-0.25, -0.2) is 0 Å². The molecule has 0 aliphatic heterocycles. The van der Waals surface area contributed by atoms with Crippen molar-refractivity contribution in [2.75, 3.05) is 11.9 Å². The predicted molar refractivity (Wildman–Crippen MR) is 57.4 cm³/mol. The first kappa shape index (κ1) is 9.04. The molecule has 62 valence electrons. The molecule has 2 nitrogen and oxygen atoms in total. The van der Waals surface area contributed by atoms with Gasteiger partial charge in [0.1, 0.15) is 0 Å². The number of thiophene rings is 1. The summed E-state index contributed by atoms with van der Waals surface area (Å²) < 4.78 is 0. The lowest BCUT2D eigenvalue weighted by molar-refractivity contribution is 1.09. The van der Waals surface area contributed by atoms with Crippen molar-refractivity contribution in [3.63, 3.8) is 0 Å². The summed E-state index contributed by atoms with van der Waals surface area (Å²) in [7, 11) is 0. The maximum Gasteiger partial charge on any atom is 0.171 e. The van der Waals surface area contributed by atoms with Crippen molar-refractivity contribution in [1.29, 1.82) is 0 Å². The van der Waals surface area contributed by atoms with Gasteiger partial charge in [-0.1, -0.05) is 5.92 Å². The van der Waals surface area contributed by atoms with E-state index >= 15 is 0 Å². The highest BCUT2D eigenvalue weighted by Crippen LogP contribution is 2.10. The average Bonchev–Trinajstić information content (AvgIpc) is 2.53. The third-order valence-corrected chi connectivity index (χ3v) is 2.06. The smallest absolute Gasteiger partial charge is 0.171 e. The van der Waals surface area contributed by atoms with E-state index in [1.165, 1.54) is 0 Å². The van der Waals surface area contributed by atoms with Gasteiger partial charge in [0.05, 0.1) is 12.2 Å². The van der Waals surface area contributed by atoms with E-state index in [1.807, 2.05) is 16.8 Å². The van der Waals surface area contributed by atoms with Gasteiger partial charge in [-0.05, 0) is 23.7 Å². The van der Waals surface area contributed by atoms with Crippen LogP contribution in [-0.4, -0.2) is 11.7 Å². The zero-order valence-electron chi connectivity index (χ0n) is 6.33. The average molecular weight is 196 g/mol. The monoisotopic (exact) mass is 196 g/mol. The molecule has 0 aliphatic rings. The molecule has 1 heterocycles. The quantitative estimate of drug-likeness (QED) is 0.556. The van der Waals surface area contributed by atoms with Crippen molar-refractivity contribution >= 4 is 34.4 Å². The second-order valence-corrected chi connectivity index (χ2v) is 3.21. The Bertz CT molecular complexity index is 285. The molecule has 12 heavy (non-hydrogen) atoms. The maximum atomic E-state index is 5.05. The van der Waals surface area contributed by atoms with Crippen molar-refractivity contribution in [2.24, 2.45) is 0 Å². The van der Waals surface area contributed by atoms with Crippen molar-refractivity contribution < 1.29 is 0 Å². The Morgan fingerprint density at radius 3 is 3.17 bits per heavy atom. The summed E-state index contributed by atoms with van der Waals surface area (Å²) in [6, 6.07) is 1.95. The number of nitrogens with one attached hydrogen (secondary N) is 2. The predicted octanol–water partition coefficient (Wildman–Crippen LogP) is 1.67. The first-order chi connectivity index (χ1) is 5.83. The molecular formula is C8H8N2S2. The highest BCUT2D eigenvalue weighted by Gasteiger charge is 1.94. The van der Waals surface area contributed by atoms with E-state index in [-0.39, 0.29) is 0 Å². The molecule has 1 aromatic rings. The number of hydrogen-bond acceptors (Lipinski definition) is 2. The molecule has 0 saturated heterocycles. The van der Waals surface area contributed by atoms with E-state index in [1.54, 1.807) is 11.3 Å². The molecule has 4 heteroatoms. The largest absolute Gasteiger partial charge is 0.352 e. The highest BCUT2D eigenvalue weighted by atomic mass is 32.1. The summed E-state index contributed by atoms with van der Waals surface area (Å²) in [6.45, 7) is 0.454. The van der Waals surface area contributed by atoms with Crippen molar-refractivity contribution in [3.05, 3.63) is 16.8 Å². The van der Waals surface area contributed by atoms with Gasteiger partial charge in [0.15, 0.2) is 5.11 Å². The van der Waals surface area contributed by atoms with Crippen LogP contribution in [0, 0.1) is 12.3 Å². The van der Waals surface area contributed by atoms with Crippen LogP contribution in [0.5, 0.6) is 0 Å². The van der Waals surface area contributed by atoms with E-state index in [0.717, 1.165) is 5.69 Å². The minimum atomic E-state index is 0.454. The molecule has 1 aromatic heterocycles. The molecule has 0 radical (unpaired) electrons. The van der Waals surface area contributed by atoms with Gasteiger partial charge in [0.2, 0.25) is 0 Å². The van der Waals surface area contributed by atoms with E-state index in [4.69, 9.17) is 18.6 Å². The van der Waals surface area contributed by atoms with Crippen LogP contribution in [0.15, 0.2) is 16.8 Å². The van der Waals surface area contributed by atoms with Crippen LogP contribution in [0.2, 0.25) is 0 Å². The van der Waals surface area contributed by atoms with E-state index in [2.05, 4.69) is 16.6 Å². The molecule has 0 saturated carbocycles. The normalized spacial score (nSPS) is 8.58. The van der Waals surface area contributed by atoms with Crippen LogP contribution in [0.4, 0.5) is 5.69 Å². The Hall–Kier alpha value is -1.05. The summed E-state index contributed by atoms with van der Waals surface area (Å²) in [5.74, 6) is 2.44. The molecule has 0 atom stereocenters. The lowest BCUT2D eigenvalue weighted by Crippen LogP contribution is -2.28. The number of rotatable bonds is 2. The standard InChI is InChI=1S/C8H8N2S2/c1-2-4-9-8(11)10-7-3-5-12-6-7/h1,3,5-6H,4H2,(H2,9,10,11). The van der Waals surface area contributed by atoms with Gasteiger partial charge in [0.25, 0.3) is 0 Å². The summed E-state index contributed by atoms with van der Waals surface area (Å²) >= 11 is 6.57. The van der Waals surface area contributed by atoms with Crippen LogP contribution in [0.1, 0.15) is 0 Å². The van der Waals surface area contributed by atoms with Crippen LogP contribution >= 0.6 is 23.6 Å². The van der Waals surface area contributed by atoms with Gasteiger partial charge < -0.3 is 10.6 Å². The lowest BCUT2D eigenvalue weighted by atomic mass is 10.5. The van der Waals surface area contributed by atoms with Gasteiger partial charge in [0, 0.05) is 5.38 Å². The number of anilines is 1. The fourth-order valence-corrected chi connectivity index (χ4v) is 1.42. The molecular weight excluding hydrogens is 188 g/mol. The minimum Gasteiger partial charge on any atom is -0.352 e. The number of hydrogen-bond donors (Lipinski definition) is 2. The molecule has 0 amide bonds. The molecule has 0 aromatic carbocycles. The summed E-state index contributed by atoms with van der Waals surface area (Å²) in [4.78, 5) is 0. The zero-order chi connectivity index (χ0) is 8.81. The Kier molecular flexibility index (Phi) is 3.58. The van der Waals surface area contributed by atoms with Crippen molar-refractivity contribution in [1.82, 2.24) is 5.32 Å². The van der Waals surface area contributed by atoms with Crippen LogP contribution in [0.25, 0.3) is 0 Å².